The van der Waals surface area contributed by atoms with Gasteiger partial charge in [-0.05, 0) is 18.2 Å². The van der Waals surface area contributed by atoms with Crippen molar-refractivity contribution in [2.24, 2.45) is 5.73 Å². The van der Waals surface area contributed by atoms with Crippen molar-refractivity contribution in [3.05, 3.63) is 59.2 Å². The number of carbonyl (C=O) groups is 1. The van der Waals surface area contributed by atoms with Crippen LogP contribution in [0, 0.1) is 5.82 Å². The Bertz CT molecular complexity index is 888. The van der Waals surface area contributed by atoms with Crippen LogP contribution in [0.15, 0.2) is 42.2 Å². The number of aromatic nitrogens is 3. The van der Waals surface area contributed by atoms with E-state index < -0.39 is 11.7 Å². The molecule has 9 heteroatoms. The standard InChI is InChI=1S/C17H16FN5O2S/c18-11-1-2-15(25-6-3-19)13(7-11)16(24)22-8-12-10-26-17(23-12)14-9-20-4-5-21-14/h1-2,4-5,7,9-10H,3,6,8,19H2,(H,22,24). The number of amides is 1. The molecule has 2 aromatic heterocycles. The molecular formula is C17H16FN5O2S. The number of halogens is 1. The zero-order valence-corrected chi connectivity index (χ0v) is 14.5. The molecule has 2 heterocycles. The first-order valence-corrected chi connectivity index (χ1v) is 8.66. The summed E-state index contributed by atoms with van der Waals surface area (Å²) in [6.45, 7) is 0.727. The molecule has 0 saturated heterocycles. The summed E-state index contributed by atoms with van der Waals surface area (Å²) in [5.74, 6) is -0.688. The minimum atomic E-state index is -0.520. The second-order valence-electron chi connectivity index (χ2n) is 5.19. The van der Waals surface area contributed by atoms with Gasteiger partial charge in [-0.15, -0.1) is 11.3 Å². The van der Waals surface area contributed by atoms with Crippen molar-refractivity contribution >= 4 is 17.2 Å². The van der Waals surface area contributed by atoms with Crippen molar-refractivity contribution in [1.82, 2.24) is 20.3 Å². The SMILES string of the molecule is NCCOc1ccc(F)cc1C(=O)NCc1csc(-c2cnccn2)n1. The number of rotatable bonds is 7. The van der Waals surface area contributed by atoms with E-state index in [9.17, 15) is 9.18 Å². The highest BCUT2D eigenvalue weighted by atomic mass is 32.1. The highest BCUT2D eigenvalue weighted by molar-refractivity contribution is 7.13. The Kier molecular flexibility index (Phi) is 5.82. The van der Waals surface area contributed by atoms with E-state index in [1.54, 1.807) is 18.6 Å². The van der Waals surface area contributed by atoms with Crippen molar-refractivity contribution in [2.45, 2.75) is 6.54 Å². The summed E-state index contributed by atoms with van der Waals surface area (Å²) in [7, 11) is 0. The lowest BCUT2D eigenvalue weighted by Crippen LogP contribution is -2.24. The van der Waals surface area contributed by atoms with E-state index in [4.69, 9.17) is 10.5 Å². The lowest BCUT2D eigenvalue weighted by Gasteiger charge is -2.11. The maximum atomic E-state index is 13.5. The Morgan fingerprint density at radius 1 is 1.35 bits per heavy atom. The summed E-state index contributed by atoms with van der Waals surface area (Å²) in [5, 5.41) is 5.24. The Balaban J connectivity index is 1.68. The third-order valence-electron chi connectivity index (χ3n) is 3.33. The average Bonchev–Trinajstić information content (AvgIpc) is 3.15. The maximum Gasteiger partial charge on any atom is 0.255 e. The number of hydrogen-bond acceptors (Lipinski definition) is 7. The summed E-state index contributed by atoms with van der Waals surface area (Å²) >= 11 is 1.40. The van der Waals surface area contributed by atoms with Gasteiger partial charge in [-0.3, -0.25) is 14.8 Å². The van der Waals surface area contributed by atoms with Gasteiger partial charge in [0.05, 0.1) is 24.0 Å². The Labute approximate surface area is 153 Å². The maximum absolute atomic E-state index is 13.5. The third-order valence-corrected chi connectivity index (χ3v) is 4.24. The van der Waals surface area contributed by atoms with Crippen LogP contribution in [0.2, 0.25) is 0 Å². The molecule has 0 fully saturated rings. The minimum absolute atomic E-state index is 0.114. The van der Waals surface area contributed by atoms with E-state index in [1.165, 1.54) is 23.5 Å². The molecule has 7 nitrogen and oxygen atoms in total. The first-order valence-electron chi connectivity index (χ1n) is 7.79. The van der Waals surface area contributed by atoms with Crippen LogP contribution in [0.4, 0.5) is 4.39 Å². The predicted molar refractivity (Wildman–Crippen MR) is 95.3 cm³/mol. The molecule has 0 unspecified atom stereocenters. The number of thiazole rings is 1. The normalized spacial score (nSPS) is 10.5. The quantitative estimate of drug-likeness (QED) is 0.657. The number of nitrogens with zero attached hydrogens (tertiary/aromatic N) is 3. The smallest absolute Gasteiger partial charge is 0.255 e. The number of nitrogens with one attached hydrogen (secondary N) is 1. The molecule has 0 bridgehead atoms. The molecule has 26 heavy (non-hydrogen) atoms. The van der Waals surface area contributed by atoms with Crippen LogP contribution in [0.5, 0.6) is 5.75 Å². The van der Waals surface area contributed by atoms with Crippen molar-refractivity contribution in [3.8, 4) is 16.5 Å². The van der Waals surface area contributed by atoms with E-state index in [2.05, 4.69) is 20.3 Å². The van der Waals surface area contributed by atoms with Crippen LogP contribution in [0.1, 0.15) is 16.1 Å². The fourth-order valence-corrected chi connectivity index (χ4v) is 2.94. The van der Waals surface area contributed by atoms with Gasteiger partial charge in [0.1, 0.15) is 28.9 Å². The number of nitrogens with two attached hydrogens (primary N) is 1. The Morgan fingerprint density at radius 2 is 2.23 bits per heavy atom. The van der Waals surface area contributed by atoms with Crippen molar-refractivity contribution < 1.29 is 13.9 Å². The third kappa shape index (κ3) is 4.38. The number of carbonyl (C=O) groups excluding carboxylic acids is 1. The minimum Gasteiger partial charge on any atom is -0.491 e. The summed E-state index contributed by atoms with van der Waals surface area (Å²) in [6, 6.07) is 3.78. The molecule has 0 spiro atoms. The zero-order chi connectivity index (χ0) is 18.4. The molecule has 1 amide bonds. The molecule has 0 aliphatic carbocycles. The molecule has 1 aromatic carbocycles. The first-order chi connectivity index (χ1) is 12.7. The highest BCUT2D eigenvalue weighted by Gasteiger charge is 2.15. The van der Waals surface area contributed by atoms with Gasteiger partial charge in [0.25, 0.3) is 5.91 Å². The molecule has 0 aliphatic heterocycles. The van der Waals surface area contributed by atoms with Crippen LogP contribution in [0.25, 0.3) is 10.7 Å². The molecular weight excluding hydrogens is 357 g/mol. The molecule has 3 aromatic rings. The van der Waals surface area contributed by atoms with Crippen molar-refractivity contribution in [3.63, 3.8) is 0 Å². The first kappa shape index (κ1) is 17.9. The van der Waals surface area contributed by atoms with Gasteiger partial charge >= 0.3 is 0 Å². The lowest BCUT2D eigenvalue weighted by atomic mass is 10.2. The van der Waals surface area contributed by atoms with Gasteiger partial charge in [-0.1, -0.05) is 0 Å². The van der Waals surface area contributed by atoms with E-state index in [0.717, 1.165) is 6.07 Å². The fourth-order valence-electron chi connectivity index (χ4n) is 2.16. The fraction of sp³-hybridized carbons (Fsp3) is 0.176. The van der Waals surface area contributed by atoms with Gasteiger partial charge in [0.2, 0.25) is 0 Å². The summed E-state index contributed by atoms with van der Waals surface area (Å²) in [6.07, 6.45) is 4.79. The molecule has 134 valence electrons. The number of hydrogen-bond donors (Lipinski definition) is 2. The van der Waals surface area contributed by atoms with Crippen molar-refractivity contribution in [2.75, 3.05) is 13.2 Å². The molecule has 0 aliphatic rings. The van der Waals surface area contributed by atoms with Crippen LogP contribution in [-0.4, -0.2) is 34.0 Å². The molecule has 3 N–H and O–H groups in total. The number of ether oxygens (including phenoxy) is 1. The van der Waals surface area contributed by atoms with E-state index in [0.29, 0.717) is 22.9 Å². The van der Waals surface area contributed by atoms with Gasteiger partial charge in [0.15, 0.2) is 0 Å². The van der Waals surface area contributed by atoms with Gasteiger partial charge in [0, 0.05) is 24.3 Å². The summed E-state index contributed by atoms with van der Waals surface area (Å²) in [4.78, 5) is 25.0. The molecule has 0 saturated carbocycles. The van der Waals surface area contributed by atoms with Gasteiger partial charge in [-0.25, -0.2) is 9.37 Å². The largest absolute Gasteiger partial charge is 0.491 e. The summed E-state index contributed by atoms with van der Waals surface area (Å²) in [5.41, 5.74) is 6.85. The van der Waals surface area contributed by atoms with E-state index in [-0.39, 0.29) is 24.5 Å². The van der Waals surface area contributed by atoms with Crippen LogP contribution in [-0.2, 0) is 6.54 Å². The van der Waals surface area contributed by atoms with Gasteiger partial charge in [-0.2, -0.15) is 0 Å². The lowest BCUT2D eigenvalue weighted by molar-refractivity contribution is 0.0946. The number of benzene rings is 1. The Hall–Kier alpha value is -2.91. The van der Waals surface area contributed by atoms with Crippen LogP contribution < -0.4 is 15.8 Å². The predicted octanol–water partition coefficient (Wildman–Crippen LogP) is 2.01. The topological polar surface area (TPSA) is 103 Å². The van der Waals surface area contributed by atoms with Gasteiger partial charge < -0.3 is 15.8 Å². The summed E-state index contributed by atoms with van der Waals surface area (Å²) < 4.78 is 18.9. The van der Waals surface area contributed by atoms with Crippen molar-refractivity contribution in [1.29, 1.82) is 0 Å². The molecule has 0 atom stereocenters. The highest BCUT2D eigenvalue weighted by Crippen LogP contribution is 2.22. The van der Waals surface area contributed by atoms with Crippen LogP contribution in [0.3, 0.4) is 0 Å². The monoisotopic (exact) mass is 373 g/mol. The van der Waals surface area contributed by atoms with E-state index in [1.807, 2.05) is 5.38 Å². The Morgan fingerprint density at radius 3 is 3.00 bits per heavy atom. The second kappa shape index (κ2) is 8.45. The molecule has 3 rings (SSSR count). The zero-order valence-electron chi connectivity index (χ0n) is 13.7. The molecule has 0 radical (unpaired) electrons. The van der Waals surface area contributed by atoms with Crippen LogP contribution >= 0.6 is 11.3 Å². The second-order valence-corrected chi connectivity index (χ2v) is 6.05. The van der Waals surface area contributed by atoms with E-state index >= 15 is 0 Å². The average molecular weight is 373 g/mol.